The largest absolute Gasteiger partial charge is 0.481 e. The van der Waals surface area contributed by atoms with Crippen molar-refractivity contribution in [2.75, 3.05) is 67.0 Å². The molecule has 3 aliphatic heterocycles. The summed E-state index contributed by atoms with van der Waals surface area (Å²) < 4.78 is 25.9. The Labute approximate surface area is 417 Å². The number of esters is 1. The van der Waals surface area contributed by atoms with E-state index in [1.807, 2.05) is 30.3 Å². The molecule has 0 bridgehead atoms. The van der Waals surface area contributed by atoms with Gasteiger partial charge in [-0.25, -0.2) is 0 Å². The third kappa shape index (κ3) is 12.0. The van der Waals surface area contributed by atoms with Crippen molar-refractivity contribution in [1.82, 2.24) is 24.3 Å². The summed E-state index contributed by atoms with van der Waals surface area (Å²) in [5.41, 5.74) is 8.97. The number of likely N-dealkylation sites (N-methyl/N-ethyl adjacent to an activating group) is 2. The Morgan fingerprint density at radius 1 is 0.690 bits per heavy atom. The summed E-state index contributed by atoms with van der Waals surface area (Å²) in [4.78, 5) is 64.6. The summed E-state index contributed by atoms with van der Waals surface area (Å²) in [7, 11) is 7.59. The highest BCUT2D eigenvalue weighted by molar-refractivity contribution is 6.00. The van der Waals surface area contributed by atoms with Crippen LogP contribution in [0.3, 0.4) is 0 Å². The lowest BCUT2D eigenvalue weighted by Crippen LogP contribution is -2.49. The van der Waals surface area contributed by atoms with Crippen LogP contribution in [0.4, 0.5) is 0 Å². The number of amides is 3. The Morgan fingerprint density at radius 3 is 1.61 bits per heavy atom. The number of fused-ring (bicyclic) bond motifs is 6. The Kier molecular flexibility index (Phi) is 17.2. The quantitative estimate of drug-likeness (QED) is 0.111. The van der Waals surface area contributed by atoms with E-state index < -0.39 is 24.0 Å². The van der Waals surface area contributed by atoms with E-state index in [1.54, 1.807) is 19.0 Å². The zero-order valence-corrected chi connectivity index (χ0v) is 42.4. The lowest BCUT2D eigenvalue weighted by atomic mass is 9.75. The number of carboxylic acid groups (broad SMARTS) is 1. The lowest BCUT2D eigenvalue weighted by molar-refractivity contribution is -0.142. The van der Waals surface area contributed by atoms with Crippen molar-refractivity contribution in [3.8, 4) is 0 Å². The number of hydrogen-bond acceptors (Lipinski definition) is 10. The van der Waals surface area contributed by atoms with Gasteiger partial charge in [0, 0.05) is 119 Å². The van der Waals surface area contributed by atoms with Crippen LogP contribution in [0.25, 0.3) is 21.8 Å². The van der Waals surface area contributed by atoms with Crippen molar-refractivity contribution in [3.63, 3.8) is 0 Å². The number of aromatic nitrogens is 2. The average molecular weight is 982 g/mol. The van der Waals surface area contributed by atoms with Crippen LogP contribution in [-0.2, 0) is 73.1 Å². The number of benzene rings is 2. The first-order valence-electron chi connectivity index (χ1n) is 26.0. The molecule has 0 spiro atoms. The van der Waals surface area contributed by atoms with Crippen molar-refractivity contribution in [2.24, 2.45) is 37.8 Å². The molecule has 5 aliphatic rings. The van der Waals surface area contributed by atoms with Crippen LogP contribution in [-0.4, -0.2) is 144 Å². The second kappa shape index (κ2) is 23.5. The molecule has 71 heavy (non-hydrogen) atoms. The molecule has 16 heteroatoms. The summed E-state index contributed by atoms with van der Waals surface area (Å²) in [6.45, 7) is 5.64. The molecule has 2 aliphatic carbocycles. The lowest BCUT2D eigenvalue weighted by Gasteiger charge is -2.33. The predicted octanol–water partition coefficient (Wildman–Crippen LogP) is 6.02. The molecular weight excluding hydrogens is 907 g/mol. The third-order valence-corrected chi connectivity index (χ3v) is 16.5. The first-order chi connectivity index (χ1) is 34.2. The van der Waals surface area contributed by atoms with Crippen LogP contribution in [0.15, 0.2) is 36.4 Å². The predicted molar refractivity (Wildman–Crippen MR) is 268 cm³/mol. The monoisotopic (exact) mass is 982 g/mol. The first kappa shape index (κ1) is 52.0. The summed E-state index contributed by atoms with van der Waals surface area (Å²) in [6, 6.07) is 11.0. The molecule has 2 aromatic heterocycles. The minimum Gasteiger partial charge on any atom is -0.481 e. The summed E-state index contributed by atoms with van der Waals surface area (Å²) in [5, 5.41) is 24.3. The maximum Gasteiger partial charge on any atom is 0.303 e. The molecule has 3 N–H and O–H groups in total. The molecule has 386 valence electrons. The SMILES string of the molecule is CC(=O)OCC(CCC(=O)O)N(C)C(=O)c1ccc2c(c1)c1c(n2C)CC[C@@H](C2CCOCC2)C1.CN(C(=O)c1ccc2c(c1)c1c(n2C)CC[C@@H](C2CCOCC2)C1)C(CO)CCC(=O)NC1COC1. The minimum atomic E-state index is -0.949. The highest BCUT2D eigenvalue weighted by Gasteiger charge is 2.34. The maximum atomic E-state index is 13.4. The number of carbonyl (C=O) groups excluding carboxylic acids is 4. The first-order valence-corrected chi connectivity index (χ1v) is 26.0. The average Bonchev–Trinajstić information content (AvgIpc) is 3.82. The van der Waals surface area contributed by atoms with Crippen molar-refractivity contribution >= 4 is 51.5 Å². The number of carboxylic acids is 1. The van der Waals surface area contributed by atoms with Gasteiger partial charge in [-0.3, -0.25) is 24.0 Å². The summed E-state index contributed by atoms with van der Waals surface area (Å²) in [5.74, 6) is 0.920. The standard InChI is InChI=1S/C28H39N3O5.C27H36N2O6/c1-30(22(15-32)5-8-27(33)29-21-16-36-17-21)28(34)20-4-7-26-24(14-20)23-13-19(3-6-25(23)31(26)2)18-9-11-35-12-10-18;1-17(30)35-16-21(6-9-26(31)32)28(2)27(33)20-5-8-25-23(15-20)22-14-19(4-7-24(22)29(25)3)18-10-12-34-13-11-18/h4,7,14,18-19,21-22,32H,3,5-6,8-13,15-17H2,1-2H3,(H,29,33);5,8,15,18-19,21H,4,6-7,9-14,16H2,1-3H3,(H,31,32)/t19-,22?;19-,21?/m11/s1. The van der Waals surface area contributed by atoms with Crippen LogP contribution < -0.4 is 5.32 Å². The summed E-state index contributed by atoms with van der Waals surface area (Å²) in [6.07, 6.45) is 11.9. The molecule has 9 rings (SSSR count). The van der Waals surface area contributed by atoms with E-state index in [1.165, 1.54) is 58.1 Å². The van der Waals surface area contributed by atoms with Gasteiger partial charge in [-0.05, 0) is 148 Å². The third-order valence-electron chi connectivity index (χ3n) is 16.5. The molecule has 0 saturated carbocycles. The molecule has 3 amide bonds. The van der Waals surface area contributed by atoms with Crippen molar-refractivity contribution < 1.29 is 53.1 Å². The Morgan fingerprint density at radius 2 is 1.17 bits per heavy atom. The van der Waals surface area contributed by atoms with E-state index in [9.17, 15) is 29.1 Å². The van der Waals surface area contributed by atoms with Gasteiger partial charge in [-0.2, -0.15) is 0 Å². The van der Waals surface area contributed by atoms with E-state index >= 15 is 0 Å². The Bertz CT molecular complexity index is 2530. The molecular formula is C55H75N5O11. The van der Waals surface area contributed by atoms with Crippen LogP contribution in [0.2, 0.25) is 0 Å². The molecule has 4 atom stereocenters. The normalized spacial score (nSPS) is 20.4. The van der Waals surface area contributed by atoms with Crippen LogP contribution in [0.5, 0.6) is 0 Å². The van der Waals surface area contributed by atoms with Gasteiger partial charge in [-0.1, -0.05) is 0 Å². The van der Waals surface area contributed by atoms with Gasteiger partial charge in [0.05, 0.1) is 37.9 Å². The fraction of sp³-hybridized carbons (Fsp3) is 0.618. The zero-order chi connectivity index (χ0) is 50.3. The van der Waals surface area contributed by atoms with Crippen LogP contribution >= 0.6 is 0 Å². The molecule has 16 nitrogen and oxygen atoms in total. The van der Waals surface area contributed by atoms with Crippen LogP contribution in [0.1, 0.15) is 114 Å². The molecule has 2 unspecified atom stereocenters. The fourth-order valence-corrected chi connectivity index (χ4v) is 12.0. The molecule has 0 radical (unpaired) electrons. The van der Waals surface area contributed by atoms with Crippen molar-refractivity contribution in [2.45, 2.75) is 115 Å². The number of hydrogen-bond donors (Lipinski definition) is 3. The van der Waals surface area contributed by atoms with Gasteiger partial charge in [0.15, 0.2) is 0 Å². The topological polar surface area (TPSA) is 191 Å². The fourth-order valence-electron chi connectivity index (χ4n) is 12.0. The van der Waals surface area contributed by atoms with Crippen molar-refractivity contribution in [3.05, 3.63) is 70.0 Å². The molecule has 3 saturated heterocycles. The van der Waals surface area contributed by atoms with Gasteiger partial charge >= 0.3 is 11.9 Å². The smallest absolute Gasteiger partial charge is 0.303 e. The summed E-state index contributed by atoms with van der Waals surface area (Å²) >= 11 is 0. The highest BCUT2D eigenvalue weighted by Crippen LogP contribution is 2.41. The number of aliphatic hydroxyl groups is 1. The van der Waals surface area contributed by atoms with E-state index in [0.717, 1.165) is 94.6 Å². The minimum absolute atomic E-state index is 0.0272. The number of nitrogens with zero attached hydrogens (tertiary/aromatic N) is 4. The number of rotatable bonds is 16. The van der Waals surface area contributed by atoms with E-state index in [-0.39, 0.29) is 56.2 Å². The van der Waals surface area contributed by atoms with Crippen LogP contribution in [0, 0.1) is 23.7 Å². The van der Waals surface area contributed by atoms with Gasteiger partial charge < -0.3 is 53.4 Å². The number of ether oxygens (including phenoxy) is 4. The number of nitrogens with one attached hydrogen (secondary N) is 1. The van der Waals surface area contributed by atoms with Gasteiger partial charge in [0.1, 0.15) is 6.61 Å². The zero-order valence-electron chi connectivity index (χ0n) is 42.4. The van der Waals surface area contributed by atoms with Crippen molar-refractivity contribution in [1.29, 1.82) is 0 Å². The van der Waals surface area contributed by atoms with Gasteiger partial charge in [-0.15, -0.1) is 0 Å². The number of aliphatic hydroxyl groups excluding tert-OH is 1. The maximum absolute atomic E-state index is 13.4. The number of aliphatic carboxylic acids is 1. The Balaban J connectivity index is 0.000000191. The molecule has 2 aromatic carbocycles. The molecule has 5 heterocycles. The van der Waals surface area contributed by atoms with Gasteiger partial charge in [0.25, 0.3) is 11.8 Å². The highest BCUT2D eigenvalue weighted by atomic mass is 16.5. The number of aryl methyl sites for hydroxylation is 2. The second-order valence-corrected chi connectivity index (χ2v) is 20.7. The molecule has 4 aromatic rings. The second-order valence-electron chi connectivity index (χ2n) is 20.7. The van der Waals surface area contributed by atoms with E-state index in [4.69, 9.17) is 24.1 Å². The Hall–Kier alpha value is -5.29. The van der Waals surface area contributed by atoms with E-state index in [2.05, 4.69) is 34.6 Å². The molecule has 3 fully saturated rings. The van der Waals surface area contributed by atoms with E-state index in [0.29, 0.717) is 48.5 Å². The van der Waals surface area contributed by atoms with Gasteiger partial charge in [0.2, 0.25) is 5.91 Å². The number of carbonyl (C=O) groups is 5.